The quantitative estimate of drug-likeness (QED) is 0.586. The molecule has 1 aromatic carbocycles. The van der Waals surface area contributed by atoms with Crippen LogP contribution in [0.25, 0.3) is 0 Å². The van der Waals surface area contributed by atoms with E-state index in [4.69, 9.17) is 9.47 Å². The number of nitrogens with one attached hydrogen (secondary N) is 1. The molecule has 1 aliphatic carbocycles. The van der Waals surface area contributed by atoms with E-state index >= 15 is 0 Å². The van der Waals surface area contributed by atoms with Crippen LogP contribution in [0.1, 0.15) is 37.7 Å². The molecule has 148 valence electrons. The van der Waals surface area contributed by atoms with Crippen LogP contribution in [-0.4, -0.2) is 55.7 Å². The number of rotatable bonds is 7. The monoisotopic (exact) mass is 374 g/mol. The second kappa shape index (κ2) is 9.22. The van der Waals surface area contributed by atoms with Gasteiger partial charge in [0.2, 0.25) is 5.91 Å². The maximum atomic E-state index is 12.4. The van der Waals surface area contributed by atoms with Crippen molar-refractivity contribution in [3.63, 3.8) is 0 Å². The first-order valence-electron chi connectivity index (χ1n) is 9.88. The van der Waals surface area contributed by atoms with Gasteiger partial charge in [0.05, 0.1) is 20.2 Å². The van der Waals surface area contributed by atoms with Crippen molar-refractivity contribution < 1.29 is 19.1 Å². The van der Waals surface area contributed by atoms with Gasteiger partial charge < -0.3 is 14.8 Å². The van der Waals surface area contributed by atoms with Gasteiger partial charge in [-0.3, -0.25) is 14.5 Å². The summed E-state index contributed by atoms with van der Waals surface area (Å²) in [6.07, 6.45) is 5.38. The lowest BCUT2D eigenvalue weighted by Gasteiger charge is -2.32. The fourth-order valence-corrected chi connectivity index (χ4v) is 4.43. The minimum atomic E-state index is -0.294. The van der Waals surface area contributed by atoms with E-state index in [0.29, 0.717) is 25.1 Å². The van der Waals surface area contributed by atoms with Crippen LogP contribution >= 0.6 is 0 Å². The fourth-order valence-electron chi connectivity index (χ4n) is 4.43. The van der Waals surface area contributed by atoms with Crippen LogP contribution in [0.3, 0.4) is 0 Å². The van der Waals surface area contributed by atoms with Gasteiger partial charge in [-0.25, -0.2) is 0 Å². The zero-order valence-electron chi connectivity index (χ0n) is 16.3. The smallest absolute Gasteiger partial charge is 0.323 e. The Balaban J connectivity index is 1.48. The van der Waals surface area contributed by atoms with Crippen molar-refractivity contribution >= 4 is 11.9 Å². The van der Waals surface area contributed by atoms with Crippen LogP contribution in [0.2, 0.25) is 0 Å². The summed E-state index contributed by atoms with van der Waals surface area (Å²) < 4.78 is 10.6. The van der Waals surface area contributed by atoms with Crippen molar-refractivity contribution in [2.45, 2.75) is 51.1 Å². The number of amides is 1. The number of fused-ring (bicyclic) bond motifs is 1. The van der Waals surface area contributed by atoms with Gasteiger partial charge in [0.1, 0.15) is 18.4 Å². The molecule has 1 saturated heterocycles. The van der Waals surface area contributed by atoms with Gasteiger partial charge in [-0.15, -0.1) is 0 Å². The third-order valence-electron chi connectivity index (χ3n) is 5.70. The van der Waals surface area contributed by atoms with Gasteiger partial charge in [0, 0.05) is 6.04 Å². The zero-order valence-corrected chi connectivity index (χ0v) is 16.3. The predicted molar refractivity (Wildman–Crippen MR) is 103 cm³/mol. The maximum absolute atomic E-state index is 12.4. The number of nitrogens with zero attached hydrogens (tertiary/aromatic N) is 1. The molecule has 0 radical (unpaired) electrons. The van der Waals surface area contributed by atoms with Crippen molar-refractivity contribution in [3.8, 4) is 5.75 Å². The number of likely N-dealkylation sites (tertiary alicyclic amines) is 1. The summed E-state index contributed by atoms with van der Waals surface area (Å²) in [5, 5.41) is 2.91. The van der Waals surface area contributed by atoms with Crippen molar-refractivity contribution in [1.82, 2.24) is 10.2 Å². The number of hydrogen-bond donors (Lipinski definition) is 1. The van der Waals surface area contributed by atoms with Crippen molar-refractivity contribution in [1.29, 1.82) is 0 Å². The Morgan fingerprint density at radius 2 is 2.07 bits per heavy atom. The molecular formula is C21H30N2O4. The standard InChI is InChI=1S/C21H30N2O4/c1-15-6-5-8-17(12-15)27-11-10-22-20(24)14-23-18-9-4-3-7-16(18)13-19(23)21(25)26-2/h5-6,8,12,16,18-19H,3-4,7,9-11,13-14H2,1-2H3,(H,22,24). The Bertz CT molecular complexity index is 663. The topological polar surface area (TPSA) is 67.9 Å². The zero-order chi connectivity index (χ0) is 19.2. The second-order valence-electron chi connectivity index (χ2n) is 7.57. The number of ether oxygens (including phenoxy) is 2. The van der Waals surface area contributed by atoms with Gasteiger partial charge in [-0.05, 0) is 49.8 Å². The fraction of sp³-hybridized carbons (Fsp3) is 0.619. The number of carbonyl (C=O) groups is 2. The highest BCUT2D eigenvalue weighted by atomic mass is 16.5. The molecule has 1 aromatic rings. The van der Waals surface area contributed by atoms with E-state index in [1.54, 1.807) is 0 Å². The Labute approximate surface area is 161 Å². The SMILES string of the molecule is COC(=O)C1CC2CCCCC2N1CC(=O)NCCOc1cccc(C)c1. The maximum Gasteiger partial charge on any atom is 0.323 e. The van der Waals surface area contributed by atoms with E-state index < -0.39 is 0 Å². The van der Waals surface area contributed by atoms with Crippen molar-refractivity contribution in [2.75, 3.05) is 26.8 Å². The average molecular weight is 374 g/mol. The van der Waals surface area contributed by atoms with Gasteiger partial charge in [-0.2, -0.15) is 0 Å². The summed E-state index contributed by atoms with van der Waals surface area (Å²) in [5.41, 5.74) is 1.14. The number of hydrogen-bond acceptors (Lipinski definition) is 5. The average Bonchev–Trinajstić information content (AvgIpc) is 3.03. The van der Waals surface area contributed by atoms with Crippen LogP contribution in [0, 0.1) is 12.8 Å². The molecule has 6 heteroatoms. The van der Waals surface area contributed by atoms with Gasteiger partial charge >= 0.3 is 5.97 Å². The predicted octanol–water partition coefficient (Wildman–Crippen LogP) is 2.30. The molecule has 0 bridgehead atoms. The first-order valence-corrected chi connectivity index (χ1v) is 9.88. The highest BCUT2D eigenvalue weighted by Crippen LogP contribution is 2.39. The second-order valence-corrected chi connectivity index (χ2v) is 7.57. The van der Waals surface area contributed by atoms with Crippen LogP contribution in [0.4, 0.5) is 0 Å². The number of aryl methyl sites for hydroxylation is 1. The van der Waals surface area contributed by atoms with E-state index in [1.165, 1.54) is 13.5 Å². The third kappa shape index (κ3) is 5.01. The van der Waals surface area contributed by atoms with Crippen LogP contribution < -0.4 is 10.1 Å². The summed E-state index contributed by atoms with van der Waals surface area (Å²) in [6.45, 7) is 3.12. The Kier molecular flexibility index (Phi) is 6.72. The van der Waals surface area contributed by atoms with E-state index in [1.807, 2.05) is 31.2 Å². The van der Waals surface area contributed by atoms with Crippen LogP contribution in [0.5, 0.6) is 5.75 Å². The van der Waals surface area contributed by atoms with Crippen LogP contribution in [0.15, 0.2) is 24.3 Å². The highest BCUT2D eigenvalue weighted by Gasteiger charge is 2.46. The third-order valence-corrected chi connectivity index (χ3v) is 5.70. The van der Waals surface area contributed by atoms with E-state index in [0.717, 1.165) is 37.0 Å². The molecule has 0 spiro atoms. The minimum absolute atomic E-state index is 0.0667. The summed E-state index contributed by atoms with van der Waals surface area (Å²) >= 11 is 0. The molecule has 3 atom stereocenters. The van der Waals surface area contributed by atoms with Crippen molar-refractivity contribution in [2.24, 2.45) is 5.92 Å². The van der Waals surface area contributed by atoms with E-state index in [2.05, 4.69) is 10.2 Å². The largest absolute Gasteiger partial charge is 0.492 e. The number of carbonyl (C=O) groups excluding carboxylic acids is 2. The lowest BCUT2D eigenvalue weighted by Crippen LogP contribution is -2.48. The number of methoxy groups -OCH3 is 1. The Morgan fingerprint density at radius 1 is 1.26 bits per heavy atom. The molecular weight excluding hydrogens is 344 g/mol. The van der Waals surface area contributed by atoms with E-state index in [-0.39, 0.29) is 24.5 Å². The first kappa shape index (κ1) is 19.7. The summed E-state index contributed by atoms with van der Waals surface area (Å²) in [4.78, 5) is 26.7. The molecule has 27 heavy (non-hydrogen) atoms. The Morgan fingerprint density at radius 3 is 2.85 bits per heavy atom. The number of benzene rings is 1. The highest BCUT2D eigenvalue weighted by molar-refractivity contribution is 5.81. The molecule has 0 aromatic heterocycles. The normalized spacial score (nSPS) is 24.9. The van der Waals surface area contributed by atoms with Gasteiger partial charge in [0.25, 0.3) is 0 Å². The molecule has 3 unspecified atom stereocenters. The van der Waals surface area contributed by atoms with Crippen molar-refractivity contribution in [3.05, 3.63) is 29.8 Å². The lowest BCUT2D eigenvalue weighted by molar-refractivity contribution is -0.146. The summed E-state index contributed by atoms with van der Waals surface area (Å²) in [5.74, 6) is 1.02. The molecule has 1 amide bonds. The van der Waals surface area contributed by atoms with Gasteiger partial charge in [0.15, 0.2) is 0 Å². The lowest BCUT2D eigenvalue weighted by atomic mass is 9.85. The van der Waals surface area contributed by atoms with Crippen LogP contribution in [-0.2, 0) is 14.3 Å². The molecule has 2 aliphatic rings. The molecule has 1 N–H and O–H groups in total. The minimum Gasteiger partial charge on any atom is -0.492 e. The van der Waals surface area contributed by atoms with E-state index in [9.17, 15) is 9.59 Å². The Hall–Kier alpha value is -2.08. The molecule has 1 aliphatic heterocycles. The van der Waals surface area contributed by atoms with Gasteiger partial charge in [-0.1, -0.05) is 25.0 Å². The number of esters is 1. The summed E-state index contributed by atoms with van der Waals surface area (Å²) in [6, 6.07) is 7.86. The molecule has 1 saturated carbocycles. The molecule has 1 heterocycles. The summed E-state index contributed by atoms with van der Waals surface area (Å²) in [7, 11) is 1.42. The molecule has 6 nitrogen and oxygen atoms in total. The molecule has 2 fully saturated rings. The molecule has 3 rings (SSSR count). The first-order chi connectivity index (χ1) is 13.1.